The van der Waals surface area contributed by atoms with Gasteiger partial charge in [0.15, 0.2) is 0 Å². The number of nitrogens with two attached hydrogens (primary N) is 1. The van der Waals surface area contributed by atoms with Crippen LogP contribution in [-0.4, -0.2) is 27.3 Å². The van der Waals surface area contributed by atoms with Crippen molar-refractivity contribution in [1.82, 2.24) is 14.9 Å². The van der Waals surface area contributed by atoms with E-state index in [1.807, 2.05) is 6.07 Å². The maximum atomic E-state index is 14.6. The number of carbonyl (C=O) groups excluding carboxylic acids is 1. The summed E-state index contributed by atoms with van der Waals surface area (Å²) in [5.41, 5.74) is 6.86. The summed E-state index contributed by atoms with van der Waals surface area (Å²) < 4.78 is 29.2. The largest absolute Gasteiger partial charge is 0.383 e. The molecule has 2 aromatic heterocycles. The lowest BCUT2D eigenvalue weighted by molar-refractivity contribution is 0.0733. The molecule has 3 heterocycles. The number of aromatic nitrogens is 2. The standard InChI is InChI=1S/C21H15F2N5O/c22-15-4-1-5-16(23)19(15)18-13(9-24)20(25)27-17-6-8-28(11-14(17)18)21(29)12-3-2-7-26-10-12/h1-5,7,10H,6,8,11H2,(H2,25,27). The van der Waals surface area contributed by atoms with E-state index in [2.05, 4.69) is 9.97 Å². The molecule has 1 aliphatic heterocycles. The third-order valence-electron chi connectivity index (χ3n) is 4.90. The Morgan fingerprint density at radius 2 is 1.93 bits per heavy atom. The summed E-state index contributed by atoms with van der Waals surface area (Å²) in [6.45, 7) is 0.409. The number of hydrogen-bond donors (Lipinski definition) is 1. The van der Waals surface area contributed by atoms with E-state index in [0.717, 1.165) is 12.1 Å². The minimum atomic E-state index is -0.815. The van der Waals surface area contributed by atoms with Gasteiger partial charge in [-0.05, 0) is 24.3 Å². The maximum absolute atomic E-state index is 14.6. The number of nitrogens with zero attached hydrogens (tertiary/aromatic N) is 4. The molecule has 0 spiro atoms. The van der Waals surface area contributed by atoms with Crippen LogP contribution in [0.2, 0.25) is 0 Å². The second-order valence-corrected chi connectivity index (χ2v) is 6.60. The van der Waals surface area contributed by atoms with E-state index in [4.69, 9.17) is 5.73 Å². The predicted molar refractivity (Wildman–Crippen MR) is 101 cm³/mol. The van der Waals surface area contributed by atoms with Gasteiger partial charge in [0, 0.05) is 43.0 Å². The highest BCUT2D eigenvalue weighted by Gasteiger charge is 2.30. The van der Waals surface area contributed by atoms with Crippen LogP contribution >= 0.6 is 0 Å². The van der Waals surface area contributed by atoms with Gasteiger partial charge < -0.3 is 10.6 Å². The number of nitrogen functional groups attached to an aromatic ring is 1. The number of halogens is 2. The van der Waals surface area contributed by atoms with Gasteiger partial charge >= 0.3 is 0 Å². The molecule has 1 amide bonds. The second kappa shape index (κ2) is 7.28. The smallest absolute Gasteiger partial charge is 0.255 e. The van der Waals surface area contributed by atoms with Gasteiger partial charge in [0.2, 0.25) is 0 Å². The lowest BCUT2D eigenvalue weighted by Gasteiger charge is -2.30. The molecule has 1 aliphatic rings. The monoisotopic (exact) mass is 391 g/mol. The van der Waals surface area contributed by atoms with Gasteiger partial charge in [0.1, 0.15) is 29.1 Å². The SMILES string of the molecule is N#Cc1c(N)nc2c(c1-c1c(F)cccc1F)CN(C(=O)c1cccnc1)CC2. The number of fused-ring (bicyclic) bond motifs is 1. The Morgan fingerprint density at radius 3 is 2.59 bits per heavy atom. The van der Waals surface area contributed by atoms with E-state index in [-0.39, 0.29) is 35.0 Å². The first-order chi connectivity index (χ1) is 14.0. The molecular weight excluding hydrogens is 376 g/mol. The molecule has 2 N–H and O–H groups in total. The number of amides is 1. The molecule has 8 heteroatoms. The predicted octanol–water partition coefficient (Wildman–Crippen LogP) is 3.07. The molecular formula is C21H15F2N5O. The number of rotatable bonds is 2. The summed E-state index contributed by atoms with van der Waals surface area (Å²) in [5, 5.41) is 9.59. The Hall–Kier alpha value is -3.86. The lowest BCUT2D eigenvalue weighted by Crippen LogP contribution is -2.37. The summed E-state index contributed by atoms with van der Waals surface area (Å²) in [4.78, 5) is 22.6. The van der Waals surface area contributed by atoms with Crippen molar-refractivity contribution >= 4 is 11.7 Å². The molecule has 1 aromatic carbocycles. The molecule has 144 valence electrons. The maximum Gasteiger partial charge on any atom is 0.255 e. The van der Waals surface area contributed by atoms with Crippen molar-refractivity contribution in [1.29, 1.82) is 5.26 Å². The summed E-state index contributed by atoms with van der Waals surface area (Å²) >= 11 is 0. The van der Waals surface area contributed by atoms with E-state index >= 15 is 0 Å². The second-order valence-electron chi connectivity index (χ2n) is 6.60. The fourth-order valence-electron chi connectivity index (χ4n) is 3.55. The summed E-state index contributed by atoms with van der Waals surface area (Å²) in [6, 6.07) is 8.68. The molecule has 4 rings (SSSR count). The van der Waals surface area contributed by atoms with Gasteiger partial charge in [0.05, 0.1) is 16.8 Å². The van der Waals surface area contributed by atoms with Crippen molar-refractivity contribution < 1.29 is 13.6 Å². The quantitative estimate of drug-likeness (QED) is 0.724. The Labute approximate surface area is 165 Å². The highest BCUT2D eigenvalue weighted by Crippen LogP contribution is 2.37. The number of nitriles is 1. The zero-order valence-corrected chi connectivity index (χ0v) is 15.2. The van der Waals surface area contributed by atoms with Gasteiger partial charge in [-0.1, -0.05) is 6.07 Å². The molecule has 0 aliphatic carbocycles. The third-order valence-corrected chi connectivity index (χ3v) is 4.90. The summed E-state index contributed by atoms with van der Waals surface area (Å²) in [6.07, 6.45) is 3.37. The Balaban J connectivity index is 1.88. The minimum absolute atomic E-state index is 0.0497. The Bertz CT molecular complexity index is 1140. The van der Waals surface area contributed by atoms with Gasteiger partial charge in [-0.3, -0.25) is 9.78 Å². The number of pyridine rings is 2. The van der Waals surface area contributed by atoms with Crippen molar-refractivity contribution in [2.75, 3.05) is 12.3 Å². The van der Waals surface area contributed by atoms with Gasteiger partial charge in [0.25, 0.3) is 5.91 Å². The normalized spacial score (nSPS) is 12.9. The van der Waals surface area contributed by atoms with Crippen LogP contribution in [0.3, 0.4) is 0 Å². The highest BCUT2D eigenvalue weighted by molar-refractivity contribution is 5.94. The summed E-state index contributed by atoms with van der Waals surface area (Å²) in [5.74, 6) is -1.98. The first kappa shape index (κ1) is 18.5. The highest BCUT2D eigenvalue weighted by atomic mass is 19.1. The van der Waals surface area contributed by atoms with Crippen LogP contribution in [0.15, 0.2) is 42.7 Å². The van der Waals surface area contributed by atoms with Crippen molar-refractivity contribution in [2.24, 2.45) is 0 Å². The van der Waals surface area contributed by atoms with Gasteiger partial charge in [-0.25, -0.2) is 13.8 Å². The third kappa shape index (κ3) is 3.17. The molecule has 3 aromatic rings. The van der Waals surface area contributed by atoms with E-state index in [0.29, 0.717) is 29.8 Å². The molecule has 0 atom stereocenters. The molecule has 0 saturated heterocycles. The zero-order valence-electron chi connectivity index (χ0n) is 15.2. The topological polar surface area (TPSA) is 95.9 Å². The average molecular weight is 391 g/mol. The van der Waals surface area contributed by atoms with Crippen LogP contribution in [0, 0.1) is 23.0 Å². The first-order valence-electron chi connectivity index (χ1n) is 8.86. The first-order valence-corrected chi connectivity index (χ1v) is 8.86. The fraction of sp³-hybridized carbons (Fsp3) is 0.143. The van der Waals surface area contributed by atoms with Gasteiger partial charge in [-0.2, -0.15) is 5.26 Å². The van der Waals surface area contributed by atoms with E-state index < -0.39 is 11.6 Å². The van der Waals surface area contributed by atoms with Crippen molar-refractivity contribution in [3.8, 4) is 17.2 Å². The average Bonchev–Trinajstić information content (AvgIpc) is 2.73. The fourth-order valence-corrected chi connectivity index (χ4v) is 3.55. The van der Waals surface area contributed by atoms with Crippen molar-refractivity contribution in [3.63, 3.8) is 0 Å². The van der Waals surface area contributed by atoms with Crippen molar-refractivity contribution in [2.45, 2.75) is 13.0 Å². The molecule has 0 bridgehead atoms. The number of anilines is 1. The van der Waals surface area contributed by atoms with Gasteiger partial charge in [-0.15, -0.1) is 0 Å². The number of hydrogen-bond acceptors (Lipinski definition) is 5. The van der Waals surface area contributed by atoms with Crippen LogP contribution in [0.5, 0.6) is 0 Å². The van der Waals surface area contributed by atoms with Crippen LogP contribution < -0.4 is 5.73 Å². The Morgan fingerprint density at radius 1 is 1.17 bits per heavy atom. The number of benzene rings is 1. The Kier molecular flexibility index (Phi) is 4.64. The molecule has 0 unspecified atom stereocenters. The van der Waals surface area contributed by atoms with E-state index in [1.54, 1.807) is 23.2 Å². The van der Waals surface area contributed by atoms with Crippen LogP contribution in [0.1, 0.15) is 27.2 Å². The van der Waals surface area contributed by atoms with Crippen LogP contribution in [0.25, 0.3) is 11.1 Å². The molecule has 0 radical (unpaired) electrons. The number of carbonyl (C=O) groups is 1. The van der Waals surface area contributed by atoms with Crippen LogP contribution in [-0.2, 0) is 13.0 Å². The lowest BCUT2D eigenvalue weighted by atomic mass is 9.90. The zero-order chi connectivity index (χ0) is 20.5. The molecule has 6 nitrogen and oxygen atoms in total. The summed E-state index contributed by atoms with van der Waals surface area (Å²) in [7, 11) is 0. The van der Waals surface area contributed by atoms with E-state index in [9.17, 15) is 18.8 Å². The molecule has 0 saturated carbocycles. The molecule has 0 fully saturated rings. The molecule has 29 heavy (non-hydrogen) atoms. The minimum Gasteiger partial charge on any atom is -0.383 e. The van der Waals surface area contributed by atoms with Crippen molar-refractivity contribution in [3.05, 3.63) is 76.7 Å². The van der Waals surface area contributed by atoms with E-state index in [1.165, 1.54) is 12.3 Å². The van der Waals surface area contributed by atoms with Crippen LogP contribution in [0.4, 0.5) is 14.6 Å².